The van der Waals surface area contributed by atoms with Crippen LogP contribution < -0.4 is 0 Å². The summed E-state index contributed by atoms with van der Waals surface area (Å²) in [6.45, 7) is 0.279. The lowest BCUT2D eigenvalue weighted by molar-refractivity contribution is -0.146. The number of hydrogen-bond acceptors (Lipinski definition) is 3. The van der Waals surface area contributed by atoms with E-state index in [1.807, 2.05) is 30.3 Å². The highest BCUT2D eigenvalue weighted by Crippen LogP contribution is 2.05. The van der Waals surface area contributed by atoms with Crippen LogP contribution in [0.1, 0.15) is 31.2 Å². The topological polar surface area (TPSA) is 43.4 Å². The third kappa shape index (κ3) is 6.74. The van der Waals surface area contributed by atoms with Gasteiger partial charge in [0.05, 0.1) is 6.42 Å². The van der Waals surface area contributed by atoms with Crippen molar-refractivity contribution in [2.24, 2.45) is 0 Å². The summed E-state index contributed by atoms with van der Waals surface area (Å²) in [5.74, 6) is -0.162. The van der Waals surface area contributed by atoms with Crippen LogP contribution in [0.2, 0.25) is 0 Å². The Balaban J connectivity index is 2.16. The van der Waals surface area contributed by atoms with Crippen LogP contribution in [-0.2, 0) is 20.9 Å². The van der Waals surface area contributed by atoms with Gasteiger partial charge in [0.2, 0.25) is 0 Å². The lowest BCUT2D eigenvalue weighted by atomic mass is 10.1. The van der Waals surface area contributed by atoms with E-state index in [9.17, 15) is 9.59 Å². The molecule has 0 saturated carbocycles. The van der Waals surface area contributed by atoms with E-state index < -0.39 is 0 Å². The van der Waals surface area contributed by atoms with E-state index in [0.29, 0.717) is 12.8 Å². The van der Waals surface area contributed by atoms with Gasteiger partial charge in [-0.05, 0) is 16.4 Å². The van der Waals surface area contributed by atoms with Crippen LogP contribution in [0.5, 0.6) is 0 Å². The Bertz CT molecular complexity index is 376. The summed E-state index contributed by atoms with van der Waals surface area (Å²) in [6, 6.07) is 9.52. The first-order valence-electron chi connectivity index (χ1n) is 5.99. The zero-order valence-corrected chi connectivity index (χ0v) is 12.4. The van der Waals surface area contributed by atoms with Gasteiger partial charge >= 0.3 is 5.97 Å². The van der Waals surface area contributed by atoms with Crippen LogP contribution in [0.15, 0.2) is 30.3 Å². The molecule has 0 unspecified atom stereocenters. The molecule has 0 saturated heterocycles. The number of ketones is 1. The Kier molecular flexibility index (Phi) is 7.64. The van der Waals surface area contributed by atoms with Crippen molar-refractivity contribution in [3.8, 4) is 0 Å². The number of alkyl halides is 1. The standard InChI is InChI=1S/C14H17IO3/c15-10-4-7-13(16)8-9-14(17)18-11-12-5-2-1-3-6-12/h1-3,5-6H,4,7-11H2. The van der Waals surface area contributed by atoms with Crippen molar-refractivity contribution >= 4 is 34.3 Å². The number of benzene rings is 1. The highest BCUT2D eigenvalue weighted by atomic mass is 127. The largest absolute Gasteiger partial charge is 0.461 e. The number of Topliss-reactive ketones (excluding diaryl/α,β-unsaturated/α-hetero) is 1. The summed E-state index contributed by atoms with van der Waals surface area (Å²) in [4.78, 5) is 22.8. The minimum absolute atomic E-state index is 0.142. The molecular weight excluding hydrogens is 343 g/mol. The number of rotatable bonds is 8. The van der Waals surface area contributed by atoms with E-state index in [2.05, 4.69) is 22.6 Å². The van der Waals surface area contributed by atoms with Crippen molar-refractivity contribution < 1.29 is 14.3 Å². The van der Waals surface area contributed by atoms with Crippen molar-refractivity contribution in [1.82, 2.24) is 0 Å². The third-order valence-electron chi connectivity index (χ3n) is 2.44. The van der Waals surface area contributed by atoms with E-state index in [-0.39, 0.29) is 24.8 Å². The first-order valence-corrected chi connectivity index (χ1v) is 7.52. The highest BCUT2D eigenvalue weighted by molar-refractivity contribution is 14.1. The van der Waals surface area contributed by atoms with Crippen LogP contribution in [-0.4, -0.2) is 16.2 Å². The van der Waals surface area contributed by atoms with Crippen LogP contribution in [0.3, 0.4) is 0 Å². The van der Waals surface area contributed by atoms with Crippen molar-refractivity contribution in [2.75, 3.05) is 4.43 Å². The first-order chi connectivity index (χ1) is 8.72. The van der Waals surface area contributed by atoms with Gasteiger partial charge in [-0.15, -0.1) is 0 Å². The predicted octanol–water partition coefficient (Wildman–Crippen LogP) is 3.29. The quantitative estimate of drug-likeness (QED) is 0.406. The molecular formula is C14H17IO3. The average molecular weight is 360 g/mol. The molecule has 0 aliphatic rings. The van der Waals surface area contributed by atoms with Gasteiger partial charge < -0.3 is 4.74 Å². The van der Waals surface area contributed by atoms with Gasteiger partial charge in [0.1, 0.15) is 12.4 Å². The van der Waals surface area contributed by atoms with E-state index in [1.165, 1.54) is 0 Å². The number of halogens is 1. The molecule has 18 heavy (non-hydrogen) atoms. The van der Waals surface area contributed by atoms with Gasteiger partial charge in [0.15, 0.2) is 0 Å². The maximum Gasteiger partial charge on any atom is 0.306 e. The molecule has 4 heteroatoms. The van der Waals surface area contributed by atoms with Crippen LogP contribution in [0.25, 0.3) is 0 Å². The summed E-state index contributed by atoms with van der Waals surface area (Å²) in [5, 5.41) is 0. The number of hydrogen-bond donors (Lipinski definition) is 0. The molecule has 0 aliphatic heterocycles. The summed E-state index contributed by atoms with van der Waals surface area (Å²) in [6.07, 6.45) is 1.94. The predicted molar refractivity (Wildman–Crippen MR) is 78.6 cm³/mol. The van der Waals surface area contributed by atoms with Gasteiger partial charge in [0.25, 0.3) is 0 Å². The smallest absolute Gasteiger partial charge is 0.306 e. The Hall–Kier alpha value is -0.910. The Morgan fingerprint density at radius 1 is 1.06 bits per heavy atom. The number of carbonyl (C=O) groups is 2. The average Bonchev–Trinajstić information content (AvgIpc) is 2.41. The van der Waals surface area contributed by atoms with Crippen LogP contribution >= 0.6 is 22.6 Å². The fraction of sp³-hybridized carbons (Fsp3) is 0.429. The Morgan fingerprint density at radius 2 is 1.78 bits per heavy atom. The van der Waals surface area contributed by atoms with Crippen molar-refractivity contribution in [2.45, 2.75) is 32.3 Å². The fourth-order valence-electron chi connectivity index (χ4n) is 1.44. The normalized spacial score (nSPS) is 10.1. The van der Waals surface area contributed by atoms with Crippen molar-refractivity contribution in [1.29, 1.82) is 0 Å². The maximum absolute atomic E-state index is 11.4. The molecule has 0 N–H and O–H groups in total. The highest BCUT2D eigenvalue weighted by Gasteiger charge is 2.07. The van der Waals surface area contributed by atoms with Gasteiger partial charge in [-0.2, -0.15) is 0 Å². The third-order valence-corrected chi connectivity index (χ3v) is 3.20. The number of ether oxygens (including phenoxy) is 1. The second-order valence-electron chi connectivity index (χ2n) is 3.98. The Labute approximate surface area is 121 Å². The van der Waals surface area contributed by atoms with E-state index in [0.717, 1.165) is 16.4 Å². The molecule has 0 fully saturated rings. The van der Waals surface area contributed by atoms with Crippen molar-refractivity contribution in [3.63, 3.8) is 0 Å². The van der Waals surface area contributed by atoms with Crippen LogP contribution in [0, 0.1) is 0 Å². The number of carbonyl (C=O) groups excluding carboxylic acids is 2. The minimum atomic E-state index is -0.304. The molecule has 0 bridgehead atoms. The molecule has 0 aromatic heterocycles. The Morgan fingerprint density at radius 3 is 2.44 bits per heavy atom. The molecule has 98 valence electrons. The summed E-state index contributed by atoms with van der Waals surface area (Å²) in [5.41, 5.74) is 0.960. The fourth-order valence-corrected chi connectivity index (χ4v) is 1.82. The van der Waals surface area contributed by atoms with Gasteiger partial charge in [-0.25, -0.2) is 0 Å². The van der Waals surface area contributed by atoms with Crippen molar-refractivity contribution in [3.05, 3.63) is 35.9 Å². The lowest BCUT2D eigenvalue weighted by Crippen LogP contribution is -2.08. The van der Waals surface area contributed by atoms with Gasteiger partial charge in [0, 0.05) is 12.8 Å². The summed E-state index contributed by atoms with van der Waals surface area (Å²) < 4.78 is 6.06. The van der Waals surface area contributed by atoms with E-state index in [1.54, 1.807) is 0 Å². The van der Waals surface area contributed by atoms with E-state index >= 15 is 0 Å². The maximum atomic E-state index is 11.4. The molecule has 1 aromatic rings. The molecule has 0 aliphatic carbocycles. The molecule has 0 amide bonds. The van der Waals surface area contributed by atoms with Gasteiger partial charge in [-0.1, -0.05) is 52.9 Å². The molecule has 1 aromatic carbocycles. The second-order valence-corrected chi connectivity index (χ2v) is 5.06. The zero-order chi connectivity index (χ0) is 13.2. The molecule has 3 nitrogen and oxygen atoms in total. The molecule has 0 spiro atoms. The van der Waals surface area contributed by atoms with Crippen LogP contribution in [0.4, 0.5) is 0 Å². The summed E-state index contributed by atoms with van der Waals surface area (Å²) >= 11 is 2.24. The summed E-state index contributed by atoms with van der Waals surface area (Å²) in [7, 11) is 0. The zero-order valence-electron chi connectivity index (χ0n) is 10.2. The molecule has 0 heterocycles. The van der Waals surface area contributed by atoms with Gasteiger partial charge in [-0.3, -0.25) is 9.59 Å². The lowest BCUT2D eigenvalue weighted by Gasteiger charge is -2.04. The first kappa shape index (κ1) is 15.1. The minimum Gasteiger partial charge on any atom is -0.461 e. The SMILES string of the molecule is O=C(CCCI)CCC(=O)OCc1ccccc1. The monoisotopic (exact) mass is 360 g/mol. The molecule has 0 atom stereocenters. The van der Waals surface area contributed by atoms with E-state index in [4.69, 9.17) is 4.74 Å². The molecule has 1 rings (SSSR count). The molecule has 0 radical (unpaired) electrons. The number of esters is 1. The second kappa shape index (κ2) is 9.08.